The Labute approximate surface area is 188 Å². The predicted molar refractivity (Wildman–Crippen MR) is 121 cm³/mol. The molecule has 0 saturated heterocycles. The maximum atomic E-state index is 12.9. The van der Waals surface area contributed by atoms with Gasteiger partial charge < -0.3 is 19.7 Å². The Bertz CT molecular complexity index is 1050. The first-order valence-corrected chi connectivity index (χ1v) is 11.5. The summed E-state index contributed by atoms with van der Waals surface area (Å²) in [6, 6.07) is 10.1. The van der Waals surface area contributed by atoms with Crippen LogP contribution in [0.4, 0.5) is 5.69 Å². The zero-order valence-corrected chi connectivity index (χ0v) is 19.7. The summed E-state index contributed by atoms with van der Waals surface area (Å²) in [7, 11) is -0.857. The number of carbonyl (C=O) groups excluding carboxylic acids is 2. The Kier molecular flexibility index (Phi) is 8.62. The highest BCUT2D eigenvalue weighted by atomic mass is 32.2. The van der Waals surface area contributed by atoms with Gasteiger partial charge in [0.2, 0.25) is 21.8 Å². The first-order valence-electron chi connectivity index (χ1n) is 10.0. The number of hydrogen-bond acceptors (Lipinski definition) is 6. The van der Waals surface area contributed by atoms with Crippen LogP contribution >= 0.6 is 0 Å². The molecule has 0 bridgehead atoms. The minimum absolute atomic E-state index is 0.00538. The maximum Gasteiger partial charge on any atom is 0.241 e. The van der Waals surface area contributed by atoms with Crippen molar-refractivity contribution in [1.29, 1.82) is 0 Å². The second-order valence-corrected chi connectivity index (χ2v) is 8.80. The van der Waals surface area contributed by atoms with Gasteiger partial charge in [0.1, 0.15) is 0 Å². The van der Waals surface area contributed by atoms with Gasteiger partial charge in [-0.15, -0.1) is 0 Å². The summed E-state index contributed by atoms with van der Waals surface area (Å²) in [5.74, 6) is 0.508. The van der Waals surface area contributed by atoms with Gasteiger partial charge in [0, 0.05) is 25.7 Å². The number of methoxy groups -OCH3 is 2. The first kappa shape index (κ1) is 25.2. The van der Waals surface area contributed by atoms with Crippen LogP contribution in [0.5, 0.6) is 11.5 Å². The molecule has 2 amide bonds. The van der Waals surface area contributed by atoms with Crippen molar-refractivity contribution in [2.24, 2.45) is 0 Å². The molecule has 0 heterocycles. The Hall–Kier alpha value is -3.11. The van der Waals surface area contributed by atoms with Crippen molar-refractivity contribution >= 4 is 27.5 Å². The van der Waals surface area contributed by atoms with Crippen LogP contribution in [-0.4, -0.2) is 51.9 Å². The van der Waals surface area contributed by atoms with Gasteiger partial charge in [-0.3, -0.25) is 9.59 Å². The minimum atomic E-state index is -3.93. The monoisotopic (exact) mass is 463 g/mol. The molecule has 0 spiro atoms. The molecule has 9 nitrogen and oxygen atoms in total. The van der Waals surface area contributed by atoms with Gasteiger partial charge in [-0.05, 0) is 55.8 Å². The molecular formula is C22H29N3O6S. The molecule has 2 aromatic carbocycles. The van der Waals surface area contributed by atoms with E-state index in [2.05, 4.69) is 10.0 Å². The van der Waals surface area contributed by atoms with E-state index in [0.717, 1.165) is 5.56 Å². The minimum Gasteiger partial charge on any atom is -0.493 e. The summed E-state index contributed by atoms with van der Waals surface area (Å²) < 4.78 is 38.4. The topological polar surface area (TPSA) is 114 Å². The Morgan fingerprint density at radius 2 is 1.66 bits per heavy atom. The quantitative estimate of drug-likeness (QED) is 0.559. The maximum absolute atomic E-state index is 12.9. The van der Waals surface area contributed by atoms with Gasteiger partial charge in [0.15, 0.2) is 11.5 Å². The van der Waals surface area contributed by atoms with Crippen LogP contribution in [-0.2, 0) is 26.2 Å². The number of amides is 2. The number of ether oxygens (including phenoxy) is 2. The highest BCUT2D eigenvalue weighted by Crippen LogP contribution is 2.28. The van der Waals surface area contributed by atoms with E-state index in [-0.39, 0.29) is 23.3 Å². The lowest BCUT2D eigenvalue weighted by atomic mass is 10.1. The Balaban J connectivity index is 2.11. The van der Waals surface area contributed by atoms with Crippen LogP contribution in [0.2, 0.25) is 0 Å². The molecule has 174 valence electrons. The van der Waals surface area contributed by atoms with E-state index in [0.29, 0.717) is 23.7 Å². The molecule has 0 aliphatic heterocycles. The summed E-state index contributed by atoms with van der Waals surface area (Å²) in [6.07, 6.45) is 0. The van der Waals surface area contributed by atoms with Gasteiger partial charge in [0.25, 0.3) is 0 Å². The van der Waals surface area contributed by atoms with Crippen molar-refractivity contribution in [2.75, 3.05) is 26.1 Å². The SMILES string of the molecule is CCN(Cc1ccc(OC)c(OC)c1)C(=O)[C@H](C)NS(=O)(=O)c1ccc(NC(C)=O)cc1. The van der Waals surface area contributed by atoms with Crippen molar-refractivity contribution in [3.05, 3.63) is 48.0 Å². The number of rotatable bonds is 10. The third-order valence-corrected chi connectivity index (χ3v) is 6.26. The highest BCUT2D eigenvalue weighted by molar-refractivity contribution is 7.89. The summed E-state index contributed by atoms with van der Waals surface area (Å²) in [6.45, 7) is 5.36. The first-order chi connectivity index (χ1) is 15.1. The zero-order chi connectivity index (χ0) is 23.9. The lowest BCUT2D eigenvalue weighted by Crippen LogP contribution is -2.46. The fourth-order valence-electron chi connectivity index (χ4n) is 3.09. The van der Waals surface area contributed by atoms with Crippen molar-refractivity contribution in [3.8, 4) is 11.5 Å². The van der Waals surface area contributed by atoms with E-state index < -0.39 is 16.1 Å². The molecule has 0 saturated carbocycles. The zero-order valence-electron chi connectivity index (χ0n) is 18.8. The van der Waals surface area contributed by atoms with Crippen molar-refractivity contribution in [1.82, 2.24) is 9.62 Å². The highest BCUT2D eigenvalue weighted by Gasteiger charge is 2.25. The van der Waals surface area contributed by atoms with Gasteiger partial charge in [-0.1, -0.05) is 6.07 Å². The second-order valence-electron chi connectivity index (χ2n) is 7.09. The molecule has 0 radical (unpaired) electrons. The number of anilines is 1. The summed E-state index contributed by atoms with van der Waals surface area (Å²) in [4.78, 5) is 25.6. The Morgan fingerprint density at radius 1 is 1.03 bits per heavy atom. The predicted octanol–water partition coefficient (Wildman–Crippen LogP) is 2.38. The van der Waals surface area contributed by atoms with E-state index in [1.807, 2.05) is 13.0 Å². The van der Waals surface area contributed by atoms with E-state index in [9.17, 15) is 18.0 Å². The smallest absolute Gasteiger partial charge is 0.241 e. The second kappa shape index (κ2) is 11.0. The number of carbonyl (C=O) groups is 2. The average molecular weight is 464 g/mol. The van der Waals surface area contributed by atoms with Crippen LogP contribution in [0.15, 0.2) is 47.4 Å². The fourth-order valence-corrected chi connectivity index (χ4v) is 4.29. The van der Waals surface area contributed by atoms with Crippen LogP contribution in [0.1, 0.15) is 26.3 Å². The van der Waals surface area contributed by atoms with E-state index in [4.69, 9.17) is 9.47 Å². The standard InChI is InChI=1S/C22H29N3O6S/c1-6-25(14-17-7-12-20(30-4)21(13-17)31-5)22(27)15(2)24-32(28,29)19-10-8-18(9-11-19)23-16(3)26/h7-13,15,24H,6,14H2,1-5H3,(H,23,26)/t15-/m0/s1. The number of benzene rings is 2. The molecule has 2 rings (SSSR count). The molecule has 0 aliphatic rings. The summed E-state index contributed by atoms with van der Waals surface area (Å²) in [5, 5.41) is 2.57. The molecule has 0 fully saturated rings. The van der Waals surface area contributed by atoms with E-state index >= 15 is 0 Å². The van der Waals surface area contributed by atoms with Crippen LogP contribution in [0.3, 0.4) is 0 Å². The van der Waals surface area contributed by atoms with Gasteiger partial charge in [-0.2, -0.15) is 4.72 Å². The molecule has 1 atom stereocenters. The van der Waals surface area contributed by atoms with Gasteiger partial charge in [0.05, 0.1) is 25.2 Å². The lowest BCUT2D eigenvalue weighted by molar-refractivity contribution is -0.133. The molecule has 10 heteroatoms. The summed E-state index contributed by atoms with van der Waals surface area (Å²) >= 11 is 0. The normalized spacial score (nSPS) is 12.0. The molecule has 2 N–H and O–H groups in total. The number of likely N-dealkylation sites (N-methyl/N-ethyl adjacent to an activating group) is 1. The third kappa shape index (κ3) is 6.44. The number of nitrogens with zero attached hydrogens (tertiary/aromatic N) is 1. The summed E-state index contributed by atoms with van der Waals surface area (Å²) in [5.41, 5.74) is 1.30. The molecule has 0 aliphatic carbocycles. The molecular weight excluding hydrogens is 434 g/mol. The molecule has 0 unspecified atom stereocenters. The largest absolute Gasteiger partial charge is 0.493 e. The molecule has 2 aromatic rings. The molecule has 32 heavy (non-hydrogen) atoms. The van der Waals surface area contributed by atoms with Crippen molar-refractivity contribution in [2.45, 2.75) is 38.3 Å². The number of nitrogens with one attached hydrogen (secondary N) is 2. The van der Waals surface area contributed by atoms with Crippen LogP contribution in [0, 0.1) is 0 Å². The van der Waals surface area contributed by atoms with E-state index in [1.54, 1.807) is 24.1 Å². The van der Waals surface area contributed by atoms with E-state index in [1.165, 1.54) is 45.2 Å². The van der Waals surface area contributed by atoms with Crippen molar-refractivity contribution in [3.63, 3.8) is 0 Å². The average Bonchev–Trinajstić information content (AvgIpc) is 2.76. The van der Waals surface area contributed by atoms with Crippen LogP contribution < -0.4 is 19.5 Å². The fraction of sp³-hybridized carbons (Fsp3) is 0.364. The van der Waals surface area contributed by atoms with Gasteiger partial charge in [-0.25, -0.2) is 8.42 Å². The van der Waals surface area contributed by atoms with Crippen molar-refractivity contribution < 1.29 is 27.5 Å². The molecule has 0 aromatic heterocycles. The Morgan fingerprint density at radius 3 is 2.19 bits per heavy atom. The number of sulfonamides is 1. The van der Waals surface area contributed by atoms with Gasteiger partial charge >= 0.3 is 0 Å². The lowest BCUT2D eigenvalue weighted by Gasteiger charge is -2.25. The number of hydrogen-bond donors (Lipinski definition) is 2. The van der Waals surface area contributed by atoms with Crippen LogP contribution in [0.25, 0.3) is 0 Å². The third-order valence-electron chi connectivity index (χ3n) is 4.70.